The summed E-state index contributed by atoms with van der Waals surface area (Å²) in [5.74, 6) is 1.57. The Balaban J connectivity index is 1.92. The molecule has 1 fully saturated rings. The second-order valence-electron chi connectivity index (χ2n) is 6.71. The third-order valence-corrected chi connectivity index (χ3v) is 4.32. The molecule has 21 heavy (non-hydrogen) atoms. The Morgan fingerprint density at radius 2 is 2.00 bits per heavy atom. The molecular formula is C17H28N2O2. The number of ether oxygens (including phenoxy) is 1. The van der Waals surface area contributed by atoms with Crippen molar-refractivity contribution >= 4 is 11.4 Å². The van der Waals surface area contributed by atoms with E-state index < -0.39 is 5.60 Å². The van der Waals surface area contributed by atoms with Gasteiger partial charge in [0, 0.05) is 24.8 Å². The lowest BCUT2D eigenvalue weighted by molar-refractivity contribution is 0.0621. The summed E-state index contributed by atoms with van der Waals surface area (Å²) < 4.78 is 5.44. The van der Waals surface area contributed by atoms with E-state index in [0.717, 1.165) is 43.1 Å². The van der Waals surface area contributed by atoms with E-state index in [1.54, 1.807) is 7.11 Å². The summed E-state index contributed by atoms with van der Waals surface area (Å²) in [7, 11) is 1.69. The third-order valence-electron chi connectivity index (χ3n) is 4.32. The topological polar surface area (TPSA) is 58.7 Å². The summed E-state index contributed by atoms with van der Waals surface area (Å²) in [6.45, 7) is 5.86. The lowest BCUT2D eigenvalue weighted by Gasteiger charge is -2.35. The van der Waals surface area contributed by atoms with Crippen LogP contribution in [0.25, 0.3) is 0 Å². The Bertz CT molecular complexity index is 460. The van der Waals surface area contributed by atoms with Gasteiger partial charge < -0.3 is 20.5 Å². The van der Waals surface area contributed by atoms with E-state index in [4.69, 9.17) is 10.5 Å². The fourth-order valence-corrected chi connectivity index (χ4v) is 2.98. The number of aliphatic hydroxyl groups is 1. The molecular weight excluding hydrogens is 264 g/mol. The Kier molecular flexibility index (Phi) is 4.99. The van der Waals surface area contributed by atoms with Crippen LogP contribution in [0.2, 0.25) is 0 Å². The minimum atomic E-state index is -0.544. The maximum Gasteiger partial charge on any atom is 0.144 e. The first-order chi connectivity index (χ1) is 9.89. The van der Waals surface area contributed by atoms with Crippen LogP contribution in [0.5, 0.6) is 5.75 Å². The summed E-state index contributed by atoms with van der Waals surface area (Å²) >= 11 is 0. The van der Waals surface area contributed by atoms with Crippen LogP contribution in [0.1, 0.15) is 39.5 Å². The van der Waals surface area contributed by atoms with Gasteiger partial charge in [-0.2, -0.15) is 0 Å². The van der Waals surface area contributed by atoms with Crippen molar-refractivity contribution < 1.29 is 9.84 Å². The zero-order chi connectivity index (χ0) is 15.5. The average Bonchev–Trinajstić information content (AvgIpc) is 2.45. The summed E-state index contributed by atoms with van der Waals surface area (Å²) in [5, 5.41) is 9.83. The van der Waals surface area contributed by atoms with Crippen LogP contribution in [0, 0.1) is 5.92 Å². The maximum atomic E-state index is 9.83. The van der Waals surface area contributed by atoms with E-state index in [1.807, 2.05) is 32.0 Å². The van der Waals surface area contributed by atoms with Gasteiger partial charge in [-0.25, -0.2) is 0 Å². The predicted octanol–water partition coefficient (Wildman–Crippen LogP) is 3.04. The molecule has 1 aliphatic rings. The Morgan fingerprint density at radius 3 is 2.57 bits per heavy atom. The Morgan fingerprint density at radius 1 is 1.33 bits per heavy atom. The minimum Gasteiger partial charge on any atom is -0.495 e. The maximum absolute atomic E-state index is 9.83. The van der Waals surface area contributed by atoms with E-state index in [1.165, 1.54) is 12.8 Å². The SMILES string of the molecule is COc1cc(N)ccc1N1CCC(CCC(C)(C)O)CC1. The van der Waals surface area contributed by atoms with Crippen LogP contribution in [0.15, 0.2) is 18.2 Å². The van der Waals surface area contributed by atoms with Gasteiger partial charge in [0.1, 0.15) is 5.75 Å². The number of hydrogen-bond acceptors (Lipinski definition) is 4. The van der Waals surface area contributed by atoms with Crippen molar-refractivity contribution in [3.63, 3.8) is 0 Å². The number of piperidine rings is 1. The number of nitrogens with two attached hydrogens (primary N) is 1. The molecule has 1 heterocycles. The average molecular weight is 292 g/mol. The molecule has 2 rings (SSSR count). The van der Waals surface area contributed by atoms with Crippen molar-refractivity contribution in [3.8, 4) is 5.75 Å². The van der Waals surface area contributed by atoms with Gasteiger partial charge in [-0.15, -0.1) is 0 Å². The third kappa shape index (κ3) is 4.53. The van der Waals surface area contributed by atoms with E-state index >= 15 is 0 Å². The zero-order valence-corrected chi connectivity index (χ0v) is 13.4. The number of nitrogens with zero attached hydrogens (tertiary/aromatic N) is 1. The molecule has 0 saturated carbocycles. The number of rotatable bonds is 5. The molecule has 0 amide bonds. The number of nitrogen functional groups attached to an aromatic ring is 1. The van der Waals surface area contributed by atoms with Crippen LogP contribution in [-0.2, 0) is 0 Å². The molecule has 1 aliphatic heterocycles. The second-order valence-corrected chi connectivity index (χ2v) is 6.71. The van der Waals surface area contributed by atoms with Crippen molar-refractivity contribution in [2.75, 3.05) is 30.8 Å². The fourth-order valence-electron chi connectivity index (χ4n) is 2.98. The Labute approximate surface area is 127 Å². The molecule has 4 nitrogen and oxygen atoms in total. The molecule has 1 saturated heterocycles. The van der Waals surface area contributed by atoms with Gasteiger partial charge in [-0.1, -0.05) is 0 Å². The standard InChI is InChI=1S/C17H28N2O2/c1-17(2,20)9-6-13-7-10-19(11-8-13)15-5-4-14(18)12-16(15)21-3/h4-5,12-13,20H,6-11,18H2,1-3H3. The van der Waals surface area contributed by atoms with E-state index in [2.05, 4.69) is 4.90 Å². The molecule has 0 aromatic heterocycles. The molecule has 1 aromatic rings. The van der Waals surface area contributed by atoms with Crippen molar-refractivity contribution in [3.05, 3.63) is 18.2 Å². The fraction of sp³-hybridized carbons (Fsp3) is 0.647. The highest BCUT2D eigenvalue weighted by molar-refractivity contribution is 5.64. The van der Waals surface area contributed by atoms with E-state index in [9.17, 15) is 5.11 Å². The van der Waals surface area contributed by atoms with Crippen molar-refractivity contribution in [2.45, 2.75) is 45.1 Å². The highest BCUT2D eigenvalue weighted by Gasteiger charge is 2.23. The summed E-state index contributed by atoms with van der Waals surface area (Å²) in [5.41, 5.74) is 7.13. The molecule has 0 bridgehead atoms. The molecule has 0 unspecified atom stereocenters. The lowest BCUT2D eigenvalue weighted by Crippen LogP contribution is -2.34. The molecule has 3 N–H and O–H groups in total. The van der Waals surface area contributed by atoms with E-state index in [0.29, 0.717) is 5.92 Å². The number of methoxy groups -OCH3 is 1. The minimum absolute atomic E-state index is 0.544. The summed E-state index contributed by atoms with van der Waals surface area (Å²) in [6.07, 6.45) is 4.33. The van der Waals surface area contributed by atoms with E-state index in [-0.39, 0.29) is 0 Å². The normalized spacial score (nSPS) is 17.0. The van der Waals surface area contributed by atoms with Crippen LogP contribution < -0.4 is 15.4 Å². The van der Waals surface area contributed by atoms with Gasteiger partial charge >= 0.3 is 0 Å². The van der Waals surface area contributed by atoms with Gasteiger partial charge in [0.25, 0.3) is 0 Å². The Hall–Kier alpha value is -1.42. The highest BCUT2D eigenvalue weighted by atomic mass is 16.5. The predicted molar refractivity (Wildman–Crippen MR) is 87.9 cm³/mol. The van der Waals surface area contributed by atoms with Gasteiger partial charge in [0.2, 0.25) is 0 Å². The van der Waals surface area contributed by atoms with Crippen LogP contribution in [-0.4, -0.2) is 30.9 Å². The second kappa shape index (κ2) is 6.56. The monoisotopic (exact) mass is 292 g/mol. The first-order valence-corrected chi connectivity index (χ1v) is 7.80. The van der Waals surface area contributed by atoms with Crippen molar-refractivity contribution in [1.82, 2.24) is 0 Å². The van der Waals surface area contributed by atoms with Crippen LogP contribution in [0.4, 0.5) is 11.4 Å². The molecule has 0 aliphatic carbocycles. The molecule has 0 radical (unpaired) electrons. The van der Waals surface area contributed by atoms with Gasteiger partial charge in [-0.3, -0.25) is 0 Å². The molecule has 4 heteroatoms. The number of benzene rings is 1. The van der Waals surface area contributed by atoms with Crippen molar-refractivity contribution in [1.29, 1.82) is 0 Å². The molecule has 0 atom stereocenters. The first-order valence-electron chi connectivity index (χ1n) is 7.80. The summed E-state index contributed by atoms with van der Waals surface area (Å²) in [4.78, 5) is 2.37. The van der Waals surface area contributed by atoms with Gasteiger partial charge in [0.15, 0.2) is 0 Å². The highest BCUT2D eigenvalue weighted by Crippen LogP contribution is 2.34. The summed E-state index contributed by atoms with van der Waals surface area (Å²) in [6, 6.07) is 5.86. The van der Waals surface area contributed by atoms with Crippen LogP contribution >= 0.6 is 0 Å². The van der Waals surface area contributed by atoms with Crippen molar-refractivity contribution in [2.24, 2.45) is 5.92 Å². The molecule has 118 valence electrons. The smallest absolute Gasteiger partial charge is 0.144 e. The largest absolute Gasteiger partial charge is 0.495 e. The first kappa shape index (κ1) is 16.0. The number of hydrogen-bond donors (Lipinski definition) is 2. The lowest BCUT2D eigenvalue weighted by atomic mass is 9.88. The quantitative estimate of drug-likeness (QED) is 0.819. The van der Waals surface area contributed by atoms with Gasteiger partial charge in [-0.05, 0) is 57.6 Å². The zero-order valence-electron chi connectivity index (χ0n) is 13.4. The van der Waals surface area contributed by atoms with Gasteiger partial charge in [0.05, 0.1) is 18.4 Å². The molecule has 1 aromatic carbocycles. The molecule has 0 spiro atoms. The van der Waals surface area contributed by atoms with Crippen LogP contribution in [0.3, 0.4) is 0 Å². The number of anilines is 2.